The number of ether oxygens (including phenoxy) is 2. The van der Waals surface area contributed by atoms with Gasteiger partial charge in [-0.1, -0.05) is 6.07 Å². The number of rotatable bonds is 5. The summed E-state index contributed by atoms with van der Waals surface area (Å²) in [6.07, 6.45) is 0.902. The van der Waals surface area contributed by atoms with Crippen molar-refractivity contribution in [1.82, 2.24) is 0 Å². The molecule has 0 aliphatic heterocycles. The maximum absolute atomic E-state index is 11.7. The van der Waals surface area contributed by atoms with Crippen LogP contribution in [0.3, 0.4) is 0 Å². The highest BCUT2D eigenvalue weighted by molar-refractivity contribution is 6.02. The third-order valence-electron chi connectivity index (χ3n) is 3.09. The Morgan fingerprint density at radius 3 is 2.27 bits per heavy atom. The smallest absolute Gasteiger partial charge is 0.354 e. The van der Waals surface area contributed by atoms with Crippen LogP contribution in [-0.2, 0) is 19.1 Å². The summed E-state index contributed by atoms with van der Waals surface area (Å²) in [7, 11) is 2.31. The van der Waals surface area contributed by atoms with Crippen molar-refractivity contribution in [3.8, 4) is 0 Å². The van der Waals surface area contributed by atoms with Gasteiger partial charge in [0, 0.05) is 0 Å². The topological polar surface area (TPSA) is 102 Å². The van der Waals surface area contributed by atoms with E-state index in [9.17, 15) is 19.5 Å². The molecule has 1 rings (SSSR count). The Bertz CT molecular complexity index is 648. The van der Waals surface area contributed by atoms with Gasteiger partial charge in [0.2, 0.25) is 0 Å². The Morgan fingerprint density at radius 1 is 1.14 bits per heavy atom. The molecule has 0 heterocycles. The van der Waals surface area contributed by atoms with Crippen LogP contribution in [0.5, 0.6) is 0 Å². The predicted molar refractivity (Wildman–Crippen MR) is 78.6 cm³/mol. The van der Waals surface area contributed by atoms with Crippen LogP contribution >= 0.6 is 0 Å². The number of methoxy groups -OCH3 is 2. The van der Waals surface area contributed by atoms with Crippen LogP contribution in [-0.4, -0.2) is 37.2 Å². The van der Waals surface area contributed by atoms with Crippen molar-refractivity contribution in [2.75, 3.05) is 19.5 Å². The minimum atomic E-state index is -1.16. The summed E-state index contributed by atoms with van der Waals surface area (Å²) in [6.45, 7) is 3.51. The number of hydrogen-bond acceptors (Lipinski definition) is 6. The molecular formula is C15H17NO6. The average molecular weight is 307 g/mol. The van der Waals surface area contributed by atoms with E-state index in [0.29, 0.717) is 5.56 Å². The van der Waals surface area contributed by atoms with Crippen LogP contribution < -0.4 is 5.32 Å². The minimum absolute atomic E-state index is 0.0252. The number of esters is 2. The molecule has 0 saturated heterocycles. The van der Waals surface area contributed by atoms with Gasteiger partial charge in [0.15, 0.2) is 0 Å². The number of benzene rings is 1. The van der Waals surface area contributed by atoms with Crippen molar-refractivity contribution in [2.45, 2.75) is 13.8 Å². The van der Waals surface area contributed by atoms with E-state index >= 15 is 0 Å². The number of carbonyl (C=O) groups is 3. The summed E-state index contributed by atoms with van der Waals surface area (Å²) in [4.78, 5) is 34.4. The second-order valence-corrected chi connectivity index (χ2v) is 4.43. The second-order valence-electron chi connectivity index (χ2n) is 4.43. The number of aromatic carboxylic acids is 1. The maximum atomic E-state index is 11.7. The highest BCUT2D eigenvalue weighted by atomic mass is 16.5. The van der Waals surface area contributed by atoms with E-state index in [1.54, 1.807) is 19.9 Å². The van der Waals surface area contributed by atoms with E-state index in [1.807, 2.05) is 0 Å². The first-order chi connectivity index (χ1) is 10.3. The molecule has 1 aromatic rings. The van der Waals surface area contributed by atoms with Crippen LogP contribution in [0.4, 0.5) is 5.69 Å². The molecule has 0 aliphatic carbocycles. The number of anilines is 1. The first-order valence-corrected chi connectivity index (χ1v) is 6.30. The zero-order valence-corrected chi connectivity index (χ0v) is 12.7. The summed E-state index contributed by atoms with van der Waals surface area (Å²) in [6, 6.07) is 3.08. The molecular weight excluding hydrogens is 290 g/mol. The number of nitrogens with one attached hydrogen (secondary N) is 1. The van der Waals surface area contributed by atoms with Crippen LogP contribution in [0.25, 0.3) is 0 Å². The molecule has 7 nitrogen and oxygen atoms in total. The lowest BCUT2D eigenvalue weighted by Gasteiger charge is -2.15. The Morgan fingerprint density at radius 2 is 1.77 bits per heavy atom. The Balaban J connectivity index is 3.38. The van der Waals surface area contributed by atoms with Gasteiger partial charge in [0.05, 0.1) is 31.5 Å². The van der Waals surface area contributed by atoms with Gasteiger partial charge in [-0.3, -0.25) is 0 Å². The van der Waals surface area contributed by atoms with E-state index < -0.39 is 17.9 Å². The van der Waals surface area contributed by atoms with E-state index in [2.05, 4.69) is 14.8 Å². The van der Waals surface area contributed by atoms with Gasteiger partial charge in [-0.05, 0) is 31.0 Å². The number of carboxylic acids is 1. The zero-order valence-electron chi connectivity index (χ0n) is 12.7. The van der Waals surface area contributed by atoms with E-state index in [0.717, 1.165) is 25.9 Å². The maximum Gasteiger partial charge on any atom is 0.354 e. The van der Waals surface area contributed by atoms with Gasteiger partial charge < -0.3 is 19.9 Å². The number of carbonyl (C=O) groups excluding carboxylic acids is 2. The van der Waals surface area contributed by atoms with Crippen LogP contribution in [0.15, 0.2) is 23.9 Å². The van der Waals surface area contributed by atoms with Crippen molar-refractivity contribution < 1.29 is 29.0 Å². The second kappa shape index (κ2) is 7.26. The monoisotopic (exact) mass is 307 g/mol. The fourth-order valence-corrected chi connectivity index (χ4v) is 1.72. The highest BCUT2D eigenvalue weighted by Crippen LogP contribution is 2.25. The molecule has 118 valence electrons. The minimum Gasteiger partial charge on any atom is -0.478 e. The van der Waals surface area contributed by atoms with E-state index in [-0.39, 0.29) is 16.9 Å². The molecule has 1 aromatic carbocycles. The molecule has 0 fully saturated rings. The van der Waals surface area contributed by atoms with Crippen LogP contribution in [0.2, 0.25) is 0 Å². The van der Waals surface area contributed by atoms with Gasteiger partial charge >= 0.3 is 17.9 Å². The number of carboxylic acid groups (broad SMARTS) is 1. The van der Waals surface area contributed by atoms with E-state index in [1.165, 1.54) is 6.07 Å². The van der Waals surface area contributed by atoms with Gasteiger partial charge in [-0.15, -0.1) is 0 Å². The van der Waals surface area contributed by atoms with Crippen molar-refractivity contribution >= 4 is 23.6 Å². The van der Waals surface area contributed by atoms with Gasteiger partial charge in [-0.2, -0.15) is 0 Å². The molecule has 0 aromatic heterocycles. The van der Waals surface area contributed by atoms with Crippen LogP contribution in [0.1, 0.15) is 21.5 Å². The summed E-state index contributed by atoms with van der Waals surface area (Å²) < 4.78 is 9.04. The normalized spacial score (nSPS) is 10.8. The predicted octanol–water partition coefficient (Wildman–Crippen LogP) is 1.64. The molecule has 2 N–H and O–H groups in total. The molecule has 0 radical (unpaired) electrons. The zero-order chi connectivity index (χ0) is 16.9. The van der Waals surface area contributed by atoms with Crippen LogP contribution in [0, 0.1) is 13.8 Å². The molecule has 22 heavy (non-hydrogen) atoms. The number of aryl methyl sites for hydroxylation is 1. The Kier molecular flexibility index (Phi) is 5.68. The molecule has 0 spiro atoms. The first kappa shape index (κ1) is 17.2. The van der Waals surface area contributed by atoms with Gasteiger partial charge in [0.25, 0.3) is 0 Å². The third-order valence-corrected chi connectivity index (χ3v) is 3.09. The summed E-state index contributed by atoms with van der Waals surface area (Å²) >= 11 is 0. The highest BCUT2D eigenvalue weighted by Gasteiger charge is 2.19. The lowest BCUT2D eigenvalue weighted by Crippen LogP contribution is -2.18. The summed E-state index contributed by atoms with van der Waals surface area (Å²) in [5, 5.41) is 11.9. The average Bonchev–Trinajstić information content (AvgIpc) is 2.49. The summed E-state index contributed by atoms with van der Waals surface area (Å²) in [5.74, 6) is -2.74. The fraction of sp³-hybridized carbons (Fsp3) is 0.267. The molecule has 0 saturated carbocycles. The molecule has 0 bridgehead atoms. The molecule has 7 heteroatoms. The summed E-state index contributed by atoms with van der Waals surface area (Å²) in [5.41, 5.74) is 1.44. The largest absolute Gasteiger partial charge is 0.478 e. The third kappa shape index (κ3) is 3.85. The SMILES string of the molecule is COC(=O)/C=C(/Nc1c(C(=O)O)ccc(C)c1C)C(=O)OC. The van der Waals surface area contributed by atoms with Gasteiger partial charge in [0.1, 0.15) is 5.70 Å². The van der Waals surface area contributed by atoms with Crippen molar-refractivity contribution in [3.05, 3.63) is 40.6 Å². The van der Waals surface area contributed by atoms with E-state index in [4.69, 9.17) is 0 Å². The molecule has 0 atom stereocenters. The Labute approximate surface area is 127 Å². The van der Waals surface area contributed by atoms with Crippen molar-refractivity contribution in [2.24, 2.45) is 0 Å². The molecule has 0 aliphatic rings. The molecule has 0 unspecified atom stereocenters. The Hall–Kier alpha value is -2.83. The molecule has 0 amide bonds. The lowest BCUT2D eigenvalue weighted by molar-refractivity contribution is -0.138. The first-order valence-electron chi connectivity index (χ1n) is 6.30. The lowest BCUT2D eigenvalue weighted by atomic mass is 10.0. The number of hydrogen-bond donors (Lipinski definition) is 2. The van der Waals surface area contributed by atoms with Crippen molar-refractivity contribution in [1.29, 1.82) is 0 Å². The van der Waals surface area contributed by atoms with Gasteiger partial charge in [-0.25, -0.2) is 14.4 Å². The van der Waals surface area contributed by atoms with Crippen molar-refractivity contribution in [3.63, 3.8) is 0 Å². The standard InChI is InChI=1S/C15H17NO6/c1-8-5-6-10(14(18)19)13(9(8)2)16-11(15(20)22-4)7-12(17)21-3/h5-7,16H,1-4H3,(H,18,19)/b11-7+. The quantitative estimate of drug-likeness (QED) is 0.629. The fourth-order valence-electron chi connectivity index (χ4n) is 1.72.